The topological polar surface area (TPSA) is 103 Å². The zero-order chi connectivity index (χ0) is 16.8. The van der Waals surface area contributed by atoms with Gasteiger partial charge in [-0.1, -0.05) is 19.8 Å². The molecule has 3 atom stereocenters. The van der Waals surface area contributed by atoms with E-state index in [9.17, 15) is 9.90 Å². The third-order valence-electron chi connectivity index (χ3n) is 3.75. The quantitative estimate of drug-likeness (QED) is 0.784. The minimum Gasteiger partial charge on any atom is -0.481 e. The summed E-state index contributed by atoms with van der Waals surface area (Å²) < 4.78 is 15.3. The molecule has 1 aromatic heterocycles. The molecular weight excluding hydrogens is 302 g/mol. The Morgan fingerprint density at radius 2 is 2.22 bits per heavy atom. The number of aromatic nitrogens is 2. The fourth-order valence-corrected chi connectivity index (χ4v) is 2.52. The highest BCUT2D eigenvalue weighted by atomic mass is 16.6. The Bertz CT molecular complexity index is 518. The van der Waals surface area contributed by atoms with E-state index in [0.29, 0.717) is 12.1 Å². The van der Waals surface area contributed by atoms with Crippen LogP contribution in [0.25, 0.3) is 0 Å². The first-order valence-electron chi connectivity index (χ1n) is 7.69. The van der Waals surface area contributed by atoms with E-state index < -0.39 is 18.2 Å². The smallest absolute Gasteiger partial charge is 0.407 e. The number of hydrogen-bond donors (Lipinski definition) is 2. The van der Waals surface area contributed by atoms with Crippen molar-refractivity contribution in [2.45, 2.75) is 50.9 Å². The van der Waals surface area contributed by atoms with Gasteiger partial charge in [-0.2, -0.15) is 9.97 Å². The van der Waals surface area contributed by atoms with Crippen molar-refractivity contribution in [1.29, 1.82) is 0 Å². The first kappa shape index (κ1) is 17.3. The molecule has 8 nitrogen and oxygen atoms in total. The van der Waals surface area contributed by atoms with Gasteiger partial charge >= 0.3 is 12.1 Å². The van der Waals surface area contributed by atoms with Crippen LogP contribution >= 0.6 is 0 Å². The van der Waals surface area contributed by atoms with Crippen molar-refractivity contribution in [1.82, 2.24) is 15.3 Å². The largest absolute Gasteiger partial charge is 0.481 e. The second-order valence-corrected chi connectivity index (χ2v) is 5.42. The van der Waals surface area contributed by atoms with Crippen molar-refractivity contribution in [2.24, 2.45) is 0 Å². The van der Waals surface area contributed by atoms with Crippen molar-refractivity contribution in [3.05, 3.63) is 11.8 Å². The number of nitrogens with one attached hydrogen (secondary N) is 1. The van der Waals surface area contributed by atoms with Gasteiger partial charge in [0, 0.05) is 12.5 Å². The number of hydrogen-bond acceptors (Lipinski definition) is 7. The number of rotatable bonds is 7. The summed E-state index contributed by atoms with van der Waals surface area (Å²) in [6.07, 6.45) is 1.57. The van der Waals surface area contributed by atoms with Crippen LogP contribution in [0.2, 0.25) is 0 Å². The molecule has 1 saturated heterocycles. The summed E-state index contributed by atoms with van der Waals surface area (Å²) in [4.78, 5) is 19.8. The third kappa shape index (κ3) is 4.44. The molecule has 0 saturated carbocycles. The molecule has 0 unspecified atom stereocenters. The molecule has 1 fully saturated rings. The van der Waals surface area contributed by atoms with Gasteiger partial charge in [-0.15, -0.1) is 0 Å². The monoisotopic (exact) mass is 325 g/mol. The van der Waals surface area contributed by atoms with Crippen molar-refractivity contribution in [2.75, 3.05) is 14.2 Å². The molecule has 2 heterocycles. The zero-order valence-electron chi connectivity index (χ0n) is 13.6. The Labute approximate surface area is 135 Å². The summed E-state index contributed by atoms with van der Waals surface area (Å²) in [6.45, 7) is 2.08. The Morgan fingerprint density at radius 1 is 1.43 bits per heavy atom. The molecule has 0 aromatic carbocycles. The molecule has 23 heavy (non-hydrogen) atoms. The number of ether oxygens (including phenoxy) is 3. The summed E-state index contributed by atoms with van der Waals surface area (Å²) in [7, 11) is 2.90. The van der Waals surface area contributed by atoms with Gasteiger partial charge in [-0.05, 0) is 6.42 Å². The molecule has 0 spiro atoms. The Morgan fingerprint density at radius 3 is 2.87 bits per heavy atom. The Hall–Kier alpha value is -2.09. The summed E-state index contributed by atoms with van der Waals surface area (Å²) in [6, 6.07) is 1.14. The van der Waals surface area contributed by atoms with Gasteiger partial charge in [0.15, 0.2) is 0 Å². The molecule has 2 N–H and O–H groups in total. The van der Waals surface area contributed by atoms with Crippen LogP contribution in [0.3, 0.4) is 0 Å². The van der Waals surface area contributed by atoms with E-state index in [1.54, 1.807) is 0 Å². The number of aliphatic hydroxyl groups excluding tert-OH is 1. The maximum atomic E-state index is 11.7. The molecule has 1 amide bonds. The van der Waals surface area contributed by atoms with Gasteiger partial charge < -0.3 is 24.6 Å². The average Bonchev–Trinajstić information content (AvgIpc) is 2.58. The van der Waals surface area contributed by atoms with Crippen LogP contribution in [0.1, 0.15) is 44.4 Å². The maximum absolute atomic E-state index is 11.7. The predicted molar refractivity (Wildman–Crippen MR) is 81.4 cm³/mol. The van der Waals surface area contributed by atoms with Gasteiger partial charge in [0.2, 0.25) is 5.88 Å². The number of carbonyl (C=O) groups is 1. The molecular formula is C15H23N3O5. The molecule has 1 aliphatic heterocycles. The molecule has 8 heteroatoms. The van der Waals surface area contributed by atoms with Crippen molar-refractivity contribution in [3.63, 3.8) is 0 Å². The van der Waals surface area contributed by atoms with Crippen LogP contribution in [-0.4, -0.2) is 47.5 Å². The van der Waals surface area contributed by atoms with Gasteiger partial charge in [-0.3, -0.25) is 0 Å². The highest BCUT2D eigenvalue weighted by molar-refractivity contribution is 5.68. The average molecular weight is 325 g/mol. The van der Waals surface area contributed by atoms with Crippen LogP contribution in [0.15, 0.2) is 6.07 Å². The van der Waals surface area contributed by atoms with Crippen molar-refractivity contribution >= 4 is 6.09 Å². The molecule has 128 valence electrons. The number of methoxy groups -OCH3 is 2. The highest BCUT2D eigenvalue weighted by Crippen LogP contribution is 2.27. The van der Waals surface area contributed by atoms with E-state index in [4.69, 9.17) is 14.2 Å². The predicted octanol–water partition coefficient (Wildman–Crippen LogP) is 1.58. The van der Waals surface area contributed by atoms with Gasteiger partial charge in [0.1, 0.15) is 12.2 Å². The van der Waals surface area contributed by atoms with E-state index in [0.717, 1.165) is 19.3 Å². The standard InChI is InChI=1S/C15H23N3O5/c1-4-5-6-9-7-10(17-15(20)23-9)13(19)11-8-12(21-2)18-14(16-11)22-3/h8-10,13,19H,4-7H2,1-3H3,(H,17,20)/t9-,10-,13+/m0/s1. The lowest BCUT2D eigenvalue weighted by molar-refractivity contribution is 0.0179. The summed E-state index contributed by atoms with van der Waals surface area (Å²) in [5, 5.41) is 13.2. The van der Waals surface area contributed by atoms with Gasteiger partial charge in [0.05, 0.1) is 26.0 Å². The lowest BCUT2D eigenvalue weighted by Gasteiger charge is -2.32. The number of aliphatic hydroxyl groups is 1. The van der Waals surface area contributed by atoms with Crippen molar-refractivity contribution in [3.8, 4) is 11.9 Å². The number of nitrogens with zero attached hydrogens (tertiary/aromatic N) is 2. The van der Waals surface area contributed by atoms with E-state index in [1.807, 2.05) is 0 Å². The van der Waals surface area contributed by atoms with E-state index >= 15 is 0 Å². The molecule has 1 aromatic rings. The zero-order valence-corrected chi connectivity index (χ0v) is 13.6. The fourth-order valence-electron chi connectivity index (χ4n) is 2.52. The summed E-state index contributed by atoms with van der Waals surface area (Å²) in [5.41, 5.74) is 0.329. The lowest BCUT2D eigenvalue weighted by atomic mass is 9.97. The fraction of sp³-hybridized carbons (Fsp3) is 0.667. The van der Waals surface area contributed by atoms with Crippen molar-refractivity contribution < 1.29 is 24.1 Å². The summed E-state index contributed by atoms with van der Waals surface area (Å²) >= 11 is 0. The number of carbonyl (C=O) groups excluding carboxylic acids is 1. The SMILES string of the molecule is CCCC[C@H]1C[C@@H]([C@@H](O)c2cc(OC)nc(OC)n2)NC(=O)O1. The molecule has 0 bridgehead atoms. The second-order valence-electron chi connectivity index (χ2n) is 5.42. The molecule has 1 aliphatic rings. The third-order valence-corrected chi connectivity index (χ3v) is 3.75. The van der Waals surface area contributed by atoms with E-state index in [1.165, 1.54) is 20.3 Å². The van der Waals surface area contributed by atoms with Gasteiger partial charge in [-0.25, -0.2) is 4.79 Å². The first-order chi connectivity index (χ1) is 11.1. The van der Waals surface area contributed by atoms with Crippen LogP contribution in [-0.2, 0) is 4.74 Å². The number of cyclic esters (lactones) is 1. The Balaban J connectivity index is 2.14. The minimum absolute atomic E-state index is 0.0966. The van der Waals surface area contributed by atoms with E-state index in [-0.39, 0.29) is 18.0 Å². The maximum Gasteiger partial charge on any atom is 0.407 e. The number of amides is 1. The molecule has 0 radical (unpaired) electrons. The Kier molecular flexibility index (Phi) is 5.97. The van der Waals surface area contributed by atoms with Crippen LogP contribution in [0.4, 0.5) is 4.79 Å². The minimum atomic E-state index is -1.00. The second kappa shape index (κ2) is 7.96. The first-order valence-corrected chi connectivity index (χ1v) is 7.69. The van der Waals surface area contributed by atoms with Gasteiger partial charge in [0.25, 0.3) is 0 Å². The lowest BCUT2D eigenvalue weighted by Crippen LogP contribution is -2.48. The normalized spacial score (nSPS) is 22.0. The summed E-state index contributed by atoms with van der Waals surface area (Å²) in [5.74, 6) is 0.284. The highest BCUT2D eigenvalue weighted by Gasteiger charge is 2.33. The molecule has 2 rings (SSSR count). The number of unbranched alkanes of at least 4 members (excludes halogenated alkanes) is 1. The van der Waals surface area contributed by atoms with Crippen LogP contribution in [0.5, 0.6) is 11.9 Å². The van der Waals surface area contributed by atoms with E-state index in [2.05, 4.69) is 22.2 Å². The molecule has 0 aliphatic carbocycles. The number of alkyl carbamates (subject to hydrolysis) is 1. The van der Waals surface area contributed by atoms with Crippen LogP contribution < -0.4 is 14.8 Å². The van der Waals surface area contributed by atoms with Crippen LogP contribution in [0, 0.1) is 0 Å².